The second kappa shape index (κ2) is 7.35. The van der Waals surface area contributed by atoms with Crippen molar-refractivity contribution in [3.05, 3.63) is 41.7 Å². The Morgan fingerprint density at radius 3 is 2.96 bits per heavy atom. The van der Waals surface area contributed by atoms with Gasteiger partial charge in [0.05, 0.1) is 11.5 Å². The van der Waals surface area contributed by atoms with E-state index in [4.69, 9.17) is 4.74 Å². The van der Waals surface area contributed by atoms with Crippen molar-refractivity contribution in [1.29, 1.82) is 0 Å². The van der Waals surface area contributed by atoms with Crippen LogP contribution in [-0.4, -0.2) is 40.1 Å². The summed E-state index contributed by atoms with van der Waals surface area (Å²) in [4.78, 5) is 26.3. The second-order valence-corrected chi connectivity index (χ2v) is 7.11. The lowest BCUT2D eigenvalue weighted by Crippen LogP contribution is -2.21. The minimum Gasteiger partial charge on any atom is -0.381 e. The fourth-order valence-electron chi connectivity index (χ4n) is 3.15. The number of nitrogens with zero attached hydrogens (tertiary/aromatic N) is 3. The molecule has 0 aromatic carbocycles. The summed E-state index contributed by atoms with van der Waals surface area (Å²) in [5, 5.41) is 9.10. The van der Waals surface area contributed by atoms with Gasteiger partial charge in [0.1, 0.15) is 16.5 Å². The van der Waals surface area contributed by atoms with Crippen LogP contribution in [0.3, 0.4) is 0 Å². The summed E-state index contributed by atoms with van der Waals surface area (Å²) in [6, 6.07) is 7.59. The molecule has 0 spiro atoms. The summed E-state index contributed by atoms with van der Waals surface area (Å²) in [6.45, 7) is 0. The van der Waals surface area contributed by atoms with Gasteiger partial charge >= 0.3 is 0 Å². The fourth-order valence-corrected chi connectivity index (χ4v) is 3.92. The molecule has 1 aliphatic carbocycles. The van der Waals surface area contributed by atoms with Crippen molar-refractivity contribution in [2.24, 2.45) is 0 Å². The molecule has 4 rings (SSSR count). The van der Waals surface area contributed by atoms with Crippen LogP contribution in [0, 0.1) is 0 Å². The molecule has 2 N–H and O–H groups in total. The Balaban J connectivity index is 1.59. The van der Waals surface area contributed by atoms with Crippen LogP contribution >= 0.6 is 11.3 Å². The number of carbonyl (C=O) groups is 1. The molecule has 0 radical (unpaired) electrons. The molecular formula is C18H19N5O2S. The first-order valence-corrected chi connectivity index (χ1v) is 9.38. The number of methoxy groups -OCH3 is 1. The molecule has 3 aromatic heterocycles. The number of aromatic nitrogens is 3. The summed E-state index contributed by atoms with van der Waals surface area (Å²) in [5.41, 5.74) is 0. The van der Waals surface area contributed by atoms with Crippen molar-refractivity contribution in [2.75, 3.05) is 17.7 Å². The van der Waals surface area contributed by atoms with E-state index in [9.17, 15) is 4.79 Å². The number of rotatable bonds is 5. The smallest absolute Gasteiger partial charge is 0.294 e. The number of thiophene rings is 1. The Hall–Kier alpha value is -2.58. The molecule has 0 bridgehead atoms. The average molecular weight is 369 g/mol. The number of hydrogen-bond acceptors (Lipinski definition) is 7. The number of fused-ring (bicyclic) bond motifs is 1. The third-order valence-electron chi connectivity index (χ3n) is 4.49. The highest BCUT2D eigenvalue weighted by atomic mass is 32.1. The van der Waals surface area contributed by atoms with Crippen LogP contribution in [-0.2, 0) is 4.74 Å². The Kier molecular flexibility index (Phi) is 4.77. The second-order valence-electron chi connectivity index (χ2n) is 6.22. The number of anilines is 2. The van der Waals surface area contributed by atoms with Crippen molar-refractivity contribution >= 4 is 39.1 Å². The molecule has 134 valence electrons. The summed E-state index contributed by atoms with van der Waals surface area (Å²) in [7, 11) is 1.74. The summed E-state index contributed by atoms with van der Waals surface area (Å²) < 4.78 is 5.44. The molecule has 1 saturated carbocycles. The lowest BCUT2D eigenvalue weighted by Gasteiger charge is -2.15. The van der Waals surface area contributed by atoms with Crippen LogP contribution in [0.15, 0.2) is 35.8 Å². The molecule has 0 saturated heterocycles. The molecule has 1 fully saturated rings. The largest absolute Gasteiger partial charge is 0.381 e. The van der Waals surface area contributed by atoms with E-state index in [1.54, 1.807) is 25.4 Å². The summed E-state index contributed by atoms with van der Waals surface area (Å²) in [5.74, 6) is 0.933. The van der Waals surface area contributed by atoms with Gasteiger partial charge in [0.25, 0.3) is 5.91 Å². The maximum Gasteiger partial charge on any atom is 0.294 e. The predicted octanol–water partition coefficient (Wildman–Crippen LogP) is 3.32. The van der Waals surface area contributed by atoms with E-state index in [1.807, 2.05) is 17.5 Å². The van der Waals surface area contributed by atoms with E-state index in [0.29, 0.717) is 11.6 Å². The van der Waals surface area contributed by atoms with Gasteiger partial charge in [-0.3, -0.25) is 4.79 Å². The number of nitrogens with one attached hydrogen (secondary N) is 2. The lowest BCUT2D eigenvalue weighted by atomic mass is 10.2. The van der Waals surface area contributed by atoms with Crippen molar-refractivity contribution in [3.8, 4) is 0 Å². The zero-order valence-electron chi connectivity index (χ0n) is 14.3. The quantitative estimate of drug-likeness (QED) is 0.717. The maximum atomic E-state index is 12.5. The van der Waals surface area contributed by atoms with Gasteiger partial charge in [0.15, 0.2) is 0 Å². The first kappa shape index (κ1) is 16.9. The van der Waals surface area contributed by atoms with Gasteiger partial charge in [0.2, 0.25) is 5.82 Å². The highest BCUT2D eigenvalue weighted by molar-refractivity contribution is 7.16. The van der Waals surface area contributed by atoms with Crippen LogP contribution < -0.4 is 10.6 Å². The van der Waals surface area contributed by atoms with E-state index < -0.39 is 0 Å². The molecule has 26 heavy (non-hydrogen) atoms. The molecule has 7 nitrogen and oxygen atoms in total. The van der Waals surface area contributed by atoms with E-state index in [1.165, 1.54) is 11.3 Å². The van der Waals surface area contributed by atoms with Gasteiger partial charge in [0, 0.05) is 19.3 Å². The number of ether oxygens (including phenoxy) is 1. The van der Waals surface area contributed by atoms with E-state index in [0.717, 1.165) is 29.5 Å². The van der Waals surface area contributed by atoms with Gasteiger partial charge in [-0.05, 0) is 42.8 Å². The van der Waals surface area contributed by atoms with Crippen molar-refractivity contribution in [2.45, 2.75) is 31.4 Å². The van der Waals surface area contributed by atoms with Crippen LogP contribution in [0.4, 0.5) is 11.6 Å². The third-order valence-corrected chi connectivity index (χ3v) is 5.30. The van der Waals surface area contributed by atoms with Gasteiger partial charge in [-0.15, -0.1) is 11.3 Å². The first-order valence-electron chi connectivity index (χ1n) is 8.50. The van der Waals surface area contributed by atoms with E-state index in [2.05, 4.69) is 25.6 Å². The Morgan fingerprint density at radius 2 is 2.19 bits per heavy atom. The molecule has 0 aliphatic heterocycles. The normalized spacial score (nSPS) is 19.6. The predicted molar refractivity (Wildman–Crippen MR) is 102 cm³/mol. The minimum absolute atomic E-state index is 0.134. The molecule has 2 atom stereocenters. The number of hydrogen-bond donors (Lipinski definition) is 2. The van der Waals surface area contributed by atoms with Crippen LogP contribution in [0.25, 0.3) is 10.2 Å². The number of amides is 1. The molecule has 3 aromatic rings. The molecular weight excluding hydrogens is 350 g/mol. The van der Waals surface area contributed by atoms with Crippen molar-refractivity contribution in [1.82, 2.24) is 15.0 Å². The standard InChI is InChI=1S/C18H19N5O2S/c1-25-12-6-5-11(10-12)20-15-13-7-9-26-18(13)23-16(22-15)17(24)21-14-4-2-3-8-19-14/h2-4,7-9,11-12H,5-6,10H2,1H3,(H,19,21,24)(H,20,22,23). The summed E-state index contributed by atoms with van der Waals surface area (Å²) in [6.07, 6.45) is 4.88. The van der Waals surface area contributed by atoms with Crippen molar-refractivity contribution < 1.29 is 9.53 Å². The molecule has 1 aliphatic rings. The summed E-state index contributed by atoms with van der Waals surface area (Å²) >= 11 is 1.49. The van der Waals surface area contributed by atoms with Gasteiger partial charge in [-0.2, -0.15) is 0 Å². The maximum absolute atomic E-state index is 12.5. The zero-order chi connectivity index (χ0) is 17.9. The highest BCUT2D eigenvalue weighted by Gasteiger charge is 2.26. The first-order chi connectivity index (χ1) is 12.7. The molecule has 3 heterocycles. The van der Waals surface area contributed by atoms with E-state index in [-0.39, 0.29) is 23.9 Å². The molecule has 1 amide bonds. The SMILES string of the molecule is COC1CCC(Nc2nc(C(=O)Nc3ccccn3)nc3sccc23)C1. The van der Waals surface area contributed by atoms with Crippen molar-refractivity contribution in [3.63, 3.8) is 0 Å². The Bertz CT molecular complexity index is 914. The van der Waals surface area contributed by atoms with Gasteiger partial charge in [-0.1, -0.05) is 6.07 Å². The van der Waals surface area contributed by atoms with Crippen LogP contribution in [0.1, 0.15) is 29.9 Å². The number of pyridine rings is 1. The van der Waals surface area contributed by atoms with Gasteiger partial charge < -0.3 is 15.4 Å². The monoisotopic (exact) mass is 369 g/mol. The zero-order valence-corrected chi connectivity index (χ0v) is 15.1. The fraction of sp³-hybridized carbons (Fsp3) is 0.333. The van der Waals surface area contributed by atoms with Crippen LogP contribution in [0.2, 0.25) is 0 Å². The third kappa shape index (κ3) is 3.51. The average Bonchev–Trinajstić information content (AvgIpc) is 3.31. The van der Waals surface area contributed by atoms with E-state index >= 15 is 0 Å². The molecule has 2 unspecified atom stereocenters. The Morgan fingerprint density at radius 1 is 1.27 bits per heavy atom. The topological polar surface area (TPSA) is 89.0 Å². The minimum atomic E-state index is -0.372. The van der Waals surface area contributed by atoms with Gasteiger partial charge in [-0.25, -0.2) is 15.0 Å². The van der Waals surface area contributed by atoms with Crippen LogP contribution in [0.5, 0.6) is 0 Å². The highest BCUT2D eigenvalue weighted by Crippen LogP contribution is 2.29. The molecule has 8 heteroatoms. The Labute approximate surface area is 154 Å². The number of carbonyl (C=O) groups excluding carboxylic acids is 1. The lowest BCUT2D eigenvalue weighted by molar-refractivity contribution is 0.101.